The van der Waals surface area contributed by atoms with E-state index in [0.717, 1.165) is 6.42 Å². The van der Waals surface area contributed by atoms with Crippen molar-refractivity contribution < 1.29 is 0 Å². The molecule has 0 saturated heterocycles. The minimum atomic E-state index is -0.583. The van der Waals surface area contributed by atoms with E-state index in [-0.39, 0.29) is 11.8 Å². The summed E-state index contributed by atoms with van der Waals surface area (Å²) < 4.78 is 0. The van der Waals surface area contributed by atoms with E-state index in [0.29, 0.717) is 5.92 Å². The van der Waals surface area contributed by atoms with Gasteiger partial charge in [-0.25, -0.2) is 0 Å². The van der Waals surface area contributed by atoms with Gasteiger partial charge in [0, 0.05) is 11.8 Å². The summed E-state index contributed by atoms with van der Waals surface area (Å²) in [5.74, 6) is 0.773. The Morgan fingerprint density at radius 1 is 0.475 bits per heavy atom. The Balaban J connectivity index is 1.24. The molecule has 0 amide bonds. The molecule has 59 heavy (non-hydrogen) atoms. The Hall–Kier alpha value is -6.76. The van der Waals surface area contributed by atoms with Gasteiger partial charge in [0.15, 0.2) is 0 Å². The lowest BCUT2D eigenvalue weighted by Crippen LogP contribution is -2.46. The molecule has 0 aromatic heterocycles. The van der Waals surface area contributed by atoms with Crippen molar-refractivity contribution in [1.82, 2.24) is 0 Å². The van der Waals surface area contributed by atoms with Gasteiger partial charge < -0.3 is 0 Å². The third-order valence-electron chi connectivity index (χ3n) is 14.2. The molecule has 0 nitrogen and oxygen atoms in total. The van der Waals surface area contributed by atoms with E-state index in [1.54, 1.807) is 0 Å². The van der Waals surface area contributed by atoms with Crippen LogP contribution in [0.15, 0.2) is 235 Å². The molecule has 0 fully saturated rings. The van der Waals surface area contributed by atoms with E-state index >= 15 is 0 Å². The summed E-state index contributed by atoms with van der Waals surface area (Å²) in [6, 6.07) is 71.5. The molecule has 7 aromatic carbocycles. The average molecular weight is 753 g/mol. The van der Waals surface area contributed by atoms with Gasteiger partial charge in [0.1, 0.15) is 0 Å². The molecule has 0 bridgehead atoms. The molecular formula is C59H44. The zero-order valence-electron chi connectivity index (χ0n) is 33.2. The second-order valence-corrected chi connectivity index (χ2v) is 17.1. The van der Waals surface area contributed by atoms with Gasteiger partial charge in [-0.1, -0.05) is 225 Å². The fourth-order valence-corrected chi connectivity index (χ4v) is 12.2. The number of hydrogen-bond acceptors (Lipinski definition) is 0. The fourth-order valence-electron chi connectivity index (χ4n) is 12.2. The lowest BCUT2D eigenvalue weighted by molar-refractivity contribution is 0.550. The van der Waals surface area contributed by atoms with E-state index < -0.39 is 10.8 Å². The molecule has 280 valence electrons. The highest BCUT2D eigenvalue weighted by molar-refractivity contribution is 5.99. The molecule has 12 rings (SSSR count). The van der Waals surface area contributed by atoms with Crippen molar-refractivity contribution >= 4 is 11.1 Å². The van der Waals surface area contributed by atoms with Crippen LogP contribution in [-0.4, -0.2) is 0 Å². The monoisotopic (exact) mass is 752 g/mol. The normalized spacial score (nSPS) is 24.4. The van der Waals surface area contributed by atoms with Gasteiger partial charge in [-0.2, -0.15) is 0 Å². The van der Waals surface area contributed by atoms with Gasteiger partial charge in [0.05, 0.1) is 10.8 Å². The molecular weight excluding hydrogens is 709 g/mol. The van der Waals surface area contributed by atoms with Gasteiger partial charge in [-0.15, -0.1) is 0 Å². The van der Waals surface area contributed by atoms with Gasteiger partial charge in [-0.3, -0.25) is 0 Å². The first-order chi connectivity index (χ1) is 29.2. The van der Waals surface area contributed by atoms with Crippen LogP contribution in [0.1, 0.15) is 80.5 Å². The van der Waals surface area contributed by atoms with Gasteiger partial charge in [0.2, 0.25) is 0 Å². The topological polar surface area (TPSA) is 0 Å². The van der Waals surface area contributed by atoms with E-state index in [1.165, 1.54) is 89.1 Å². The first-order valence-electron chi connectivity index (χ1n) is 21.3. The highest BCUT2D eigenvalue weighted by Crippen LogP contribution is 2.69. The van der Waals surface area contributed by atoms with Gasteiger partial charge in [0.25, 0.3) is 0 Å². The second kappa shape index (κ2) is 13.1. The fraction of sp³-hybridized carbons (Fsp3) is 0.119. The van der Waals surface area contributed by atoms with Gasteiger partial charge >= 0.3 is 0 Å². The quantitative estimate of drug-likeness (QED) is 0.164. The Labute approximate surface area is 348 Å². The van der Waals surface area contributed by atoms with Crippen molar-refractivity contribution in [1.29, 1.82) is 0 Å². The Morgan fingerprint density at radius 2 is 1.00 bits per heavy atom. The first-order valence-corrected chi connectivity index (χ1v) is 21.3. The molecule has 0 N–H and O–H groups in total. The summed E-state index contributed by atoms with van der Waals surface area (Å²) in [7, 11) is 0. The second-order valence-electron chi connectivity index (χ2n) is 17.1. The third-order valence-corrected chi connectivity index (χ3v) is 14.2. The number of rotatable bonds is 5. The van der Waals surface area contributed by atoms with E-state index in [2.05, 4.69) is 225 Å². The molecule has 0 heteroatoms. The highest BCUT2D eigenvalue weighted by atomic mass is 14.6. The van der Waals surface area contributed by atoms with Gasteiger partial charge in [-0.05, 0) is 101 Å². The molecule has 5 aliphatic rings. The van der Waals surface area contributed by atoms with Crippen LogP contribution >= 0.6 is 0 Å². The van der Waals surface area contributed by atoms with E-state index in [1.807, 2.05) is 0 Å². The van der Waals surface area contributed by atoms with Crippen LogP contribution in [0.3, 0.4) is 0 Å². The predicted octanol–water partition coefficient (Wildman–Crippen LogP) is 13.8. The zero-order chi connectivity index (χ0) is 39.1. The highest BCUT2D eigenvalue weighted by Gasteiger charge is 2.60. The summed E-state index contributed by atoms with van der Waals surface area (Å²) in [6.45, 7) is 2.43. The first kappa shape index (κ1) is 34.3. The molecule has 0 spiro atoms. The van der Waals surface area contributed by atoms with Crippen LogP contribution in [0.5, 0.6) is 0 Å². The Morgan fingerprint density at radius 3 is 1.69 bits per heavy atom. The van der Waals surface area contributed by atoms with Crippen LogP contribution in [0.2, 0.25) is 0 Å². The van der Waals surface area contributed by atoms with Crippen molar-refractivity contribution in [2.75, 3.05) is 0 Å². The lowest BCUT2D eigenvalue weighted by Gasteiger charge is -2.52. The molecule has 0 heterocycles. The van der Waals surface area contributed by atoms with Crippen molar-refractivity contribution in [3.05, 3.63) is 296 Å². The van der Waals surface area contributed by atoms with Crippen LogP contribution in [-0.2, 0) is 10.8 Å². The lowest BCUT2D eigenvalue weighted by atomic mass is 9.49. The van der Waals surface area contributed by atoms with Crippen molar-refractivity contribution in [2.45, 2.75) is 30.1 Å². The largest absolute Gasteiger partial charge is 0.0760 e. The van der Waals surface area contributed by atoms with Crippen LogP contribution in [0.25, 0.3) is 11.1 Å². The maximum Gasteiger partial charge on any atom is 0.0716 e. The van der Waals surface area contributed by atoms with Crippen molar-refractivity contribution in [3.63, 3.8) is 0 Å². The summed E-state index contributed by atoms with van der Waals surface area (Å²) >= 11 is 0. The van der Waals surface area contributed by atoms with Crippen LogP contribution < -0.4 is 0 Å². The van der Waals surface area contributed by atoms with Crippen molar-refractivity contribution in [2.24, 2.45) is 11.8 Å². The zero-order valence-corrected chi connectivity index (χ0v) is 33.2. The molecule has 0 radical (unpaired) electrons. The van der Waals surface area contributed by atoms with Crippen LogP contribution in [0.4, 0.5) is 0 Å². The number of allylic oxidation sites excluding steroid dienone is 9. The summed E-state index contributed by atoms with van der Waals surface area (Å²) in [5, 5.41) is 0. The number of hydrogen-bond donors (Lipinski definition) is 0. The third kappa shape index (κ3) is 4.61. The summed E-state index contributed by atoms with van der Waals surface area (Å²) in [5.41, 5.74) is 21.0. The minimum Gasteiger partial charge on any atom is -0.0760 e. The maximum atomic E-state index is 2.59. The minimum absolute atomic E-state index is 0.202. The van der Waals surface area contributed by atoms with Crippen LogP contribution in [0, 0.1) is 11.8 Å². The summed E-state index contributed by atoms with van der Waals surface area (Å²) in [6.07, 6.45) is 12.9. The standard InChI is InChI=1S/C59H44/c1-39-37-49-43-27-15-17-33-50(43)59(42-25-9-4-10-26-42)53-36-20-19-35-52(53)58(54(38-39)57(49)59,41-23-7-3-8-24-41)51-34-18-16-32-48(51)56-46-30-13-11-28-44(46)55(40-21-5-2-6-22-40)45-29-12-14-31-47(45)56/h2-37,39,44,55H,38H2,1H3. The van der Waals surface area contributed by atoms with Crippen molar-refractivity contribution in [3.8, 4) is 0 Å². The molecule has 5 unspecified atom stereocenters. The SMILES string of the molecule is CC1C=C2C3=C(C1)C(c1ccccc1)(c1ccccc1C1=C4C=CC=CC4C(c4ccccc4)c4ccccc41)c1ccccc1C3(c1ccccc1)c1ccccc12. The maximum absolute atomic E-state index is 2.59. The van der Waals surface area contributed by atoms with E-state index in [4.69, 9.17) is 0 Å². The molecule has 7 aromatic rings. The molecule has 0 saturated carbocycles. The number of fused-ring (bicyclic) bond motifs is 7. The molecule has 5 aliphatic carbocycles. The molecule has 0 aliphatic heterocycles. The molecule has 5 atom stereocenters. The average Bonchev–Trinajstić information content (AvgIpc) is 3.60. The predicted molar refractivity (Wildman–Crippen MR) is 243 cm³/mol. The van der Waals surface area contributed by atoms with E-state index in [9.17, 15) is 0 Å². The Kier molecular flexibility index (Phi) is 7.63. The summed E-state index contributed by atoms with van der Waals surface area (Å²) in [4.78, 5) is 0. The smallest absolute Gasteiger partial charge is 0.0716 e. The number of benzene rings is 7. The Bertz CT molecular complexity index is 2970.